The third-order valence-electron chi connectivity index (χ3n) is 5.39. The van der Waals surface area contributed by atoms with E-state index in [0.717, 1.165) is 57.4 Å². The number of para-hydroxylation sites is 1. The quantitative estimate of drug-likeness (QED) is 0.931. The molecule has 2 saturated heterocycles. The molecule has 4 rings (SSSR count). The van der Waals surface area contributed by atoms with E-state index in [4.69, 9.17) is 4.98 Å². The van der Waals surface area contributed by atoms with Crippen LogP contribution in [-0.4, -0.2) is 48.1 Å². The van der Waals surface area contributed by atoms with Crippen molar-refractivity contribution >= 4 is 22.6 Å². The van der Waals surface area contributed by atoms with Crippen LogP contribution in [0.25, 0.3) is 10.9 Å². The molecule has 0 saturated carbocycles. The minimum absolute atomic E-state index is 0.109. The van der Waals surface area contributed by atoms with E-state index in [1.807, 2.05) is 4.90 Å². The summed E-state index contributed by atoms with van der Waals surface area (Å²) in [5.74, 6) is 0. The maximum absolute atomic E-state index is 11.9. The third-order valence-corrected chi connectivity index (χ3v) is 5.39. The zero-order valence-corrected chi connectivity index (χ0v) is 14.9. The molecule has 0 spiro atoms. The van der Waals surface area contributed by atoms with E-state index in [9.17, 15) is 4.79 Å². The average Bonchev–Trinajstić information content (AvgIpc) is 3.07. The van der Waals surface area contributed by atoms with Crippen molar-refractivity contribution in [2.24, 2.45) is 0 Å². The van der Waals surface area contributed by atoms with Crippen LogP contribution < -0.4 is 10.2 Å². The summed E-state index contributed by atoms with van der Waals surface area (Å²) in [6.45, 7) is 5.82. The van der Waals surface area contributed by atoms with Gasteiger partial charge >= 0.3 is 6.03 Å². The molecule has 0 radical (unpaired) electrons. The number of benzene rings is 1. The normalized spacial score (nSPS) is 18.8. The lowest BCUT2D eigenvalue weighted by Crippen LogP contribution is -2.46. The van der Waals surface area contributed by atoms with Crippen LogP contribution >= 0.6 is 0 Å². The minimum atomic E-state index is 0.109. The number of hydrogen-bond donors (Lipinski definition) is 1. The van der Waals surface area contributed by atoms with Gasteiger partial charge in [-0.25, -0.2) is 4.79 Å². The Morgan fingerprint density at radius 2 is 2.00 bits per heavy atom. The number of hydrogen-bond acceptors (Lipinski definition) is 3. The molecule has 25 heavy (non-hydrogen) atoms. The van der Waals surface area contributed by atoms with Crippen LogP contribution in [0.4, 0.5) is 10.5 Å². The van der Waals surface area contributed by atoms with Crippen molar-refractivity contribution in [3.8, 4) is 0 Å². The molecular weight excluding hydrogens is 312 g/mol. The van der Waals surface area contributed by atoms with Crippen molar-refractivity contribution in [3.63, 3.8) is 0 Å². The van der Waals surface area contributed by atoms with Crippen molar-refractivity contribution in [2.75, 3.05) is 31.1 Å². The Balaban J connectivity index is 1.57. The molecular formula is C20H26N4O. The number of pyridine rings is 1. The number of nitrogens with zero attached hydrogens (tertiary/aromatic N) is 3. The molecule has 132 valence electrons. The van der Waals surface area contributed by atoms with Crippen LogP contribution in [0.2, 0.25) is 0 Å². The van der Waals surface area contributed by atoms with Gasteiger partial charge in [-0.15, -0.1) is 0 Å². The standard InChI is InChI=1S/C20H26N4O/c1-2-5-15-14-19(17-6-3-4-7-18(17)22-15)23-11-8-16(9-12-23)24-13-10-21-20(24)25/h3-4,6-7,14,16H,2,5,8-13H2,1H3,(H,21,25). The summed E-state index contributed by atoms with van der Waals surface area (Å²) >= 11 is 0. The Labute approximate surface area is 149 Å². The van der Waals surface area contributed by atoms with E-state index in [-0.39, 0.29) is 6.03 Å². The van der Waals surface area contributed by atoms with Crippen LogP contribution in [0, 0.1) is 0 Å². The van der Waals surface area contributed by atoms with Crippen molar-refractivity contribution in [1.82, 2.24) is 15.2 Å². The number of urea groups is 1. The lowest BCUT2D eigenvalue weighted by Gasteiger charge is -2.37. The van der Waals surface area contributed by atoms with Gasteiger partial charge in [0, 0.05) is 49.0 Å². The Kier molecular flexibility index (Phi) is 4.47. The van der Waals surface area contributed by atoms with Gasteiger partial charge in [0.1, 0.15) is 0 Å². The number of fused-ring (bicyclic) bond motifs is 1. The highest BCUT2D eigenvalue weighted by Crippen LogP contribution is 2.30. The largest absolute Gasteiger partial charge is 0.371 e. The van der Waals surface area contributed by atoms with E-state index in [1.54, 1.807) is 0 Å². The van der Waals surface area contributed by atoms with Gasteiger partial charge in [-0.1, -0.05) is 31.5 Å². The van der Waals surface area contributed by atoms with Gasteiger partial charge in [0.15, 0.2) is 0 Å². The minimum Gasteiger partial charge on any atom is -0.371 e. The number of carbonyl (C=O) groups is 1. The second-order valence-corrected chi connectivity index (χ2v) is 7.04. The van der Waals surface area contributed by atoms with E-state index in [2.05, 4.69) is 47.5 Å². The van der Waals surface area contributed by atoms with Crippen LogP contribution in [0.15, 0.2) is 30.3 Å². The molecule has 2 aliphatic heterocycles. The second-order valence-electron chi connectivity index (χ2n) is 7.04. The molecule has 2 aliphatic rings. The summed E-state index contributed by atoms with van der Waals surface area (Å²) in [6, 6.07) is 11.2. The molecule has 2 fully saturated rings. The van der Waals surface area contributed by atoms with Crippen LogP contribution in [-0.2, 0) is 6.42 Å². The topological polar surface area (TPSA) is 48.5 Å². The van der Waals surface area contributed by atoms with Gasteiger partial charge in [0.05, 0.1) is 5.52 Å². The van der Waals surface area contributed by atoms with E-state index in [0.29, 0.717) is 6.04 Å². The predicted molar refractivity (Wildman–Crippen MR) is 101 cm³/mol. The number of aryl methyl sites for hydroxylation is 1. The van der Waals surface area contributed by atoms with Crippen molar-refractivity contribution in [2.45, 2.75) is 38.6 Å². The van der Waals surface area contributed by atoms with Gasteiger partial charge in [-0.3, -0.25) is 4.98 Å². The van der Waals surface area contributed by atoms with E-state index >= 15 is 0 Å². The van der Waals surface area contributed by atoms with E-state index < -0.39 is 0 Å². The van der Waals surface area contributed by atoms with Crippen LogP contribution in [0.3, 0.4) is 0 Å². The summed E-state index contributed by atoms with van der Waals surface area (Å²) < 4.78 is 0. The molecule has 1 N–H and O–H groups in total. The van der Waals surface area contributed by atoms with Crippen molar-refractivity contribution in [1.29, 1.82) is 0 Å². The van der Waals surface area contributed by atoms with Gasteiger partial charge in [0.2, 0.25) is 0 Å². The summed E-state index contributed by atoms with van der Waals surface area (Å²) in [5, 5.41) is 4.16. The maximum Gasteiger partial charge on any atom is 0.317 e. The number of nitrogens with one attached hydrogen (secondary N) is 1. The smallest absolute Gasteiger partial charge is 0.317 e. The molecule has 0 aliphatic carbocycles. The highest BCUT2D eigenvalue weighted by molar-refractivity contribution is 5.92. The molecule has 0 bridgehead atoms. The molecule has 0 unspecified atom stereocenters. The Hall–Kier alpha value is -2.30. The molecule has 1 aromatic carbocycles. The molecule has 2 amide bonds. The summed E-state index contributed by atoms with van der Waals surface area (Å²) in [4.78, 5) is 21.2. The highest BCUT2D eigenvalue weighted by atomic mass is 16.2. The molecule has 3 heterocycles. The number of anilines is 1. The van der Waals surface area contributed by atoms with Gasteiger partial charge in [0.25, 0.3) is 0 Å². The number of aromatic nitrogens is 1. The number of carbonyl (C=O) groups excluding carboxylic acids is 1. The first-order valence-corrected chi connectivity index (χ1v) is 9.44. The first-order chi connectivity index (χ1) is 12.3. The van der Waals surface area contributed by atoms with Gasteiger partial charge < -0.3 is 15.1 Å². The Bertz CT molecular complexity index is 767. The number of rotatable bonds is 4. The monoisotopic (exact) mass is 338 g/mol. The van der Waals surface area contributed by atoms with Crippen LogP contribution in [0.1, 0.15) is 31.9 Å². The lowest BCUT2D eigenvalue weighted by atomic mass is 10.0. The zero-order chi connectivity index (χ0) is 17.2. The number of amides is 2. The fraction of sp³-hybridized carbons (Fsp3) is 0.500. The molecule has 5 heteroatoms. The number of piperidine rings is 1. The fourth-order valence-electron chi connectivity index (χ4n) is 4.11. The molecule has 5 nitrogen and oxygen atoms in total. The third kappa shape index (κ3) is 3.15. The second kappa shape index (κ2) is 6.90. The highest BCUT2D eigenvalue weighted by Gasteiger charge is 2.31. The lowest BCUT2D eigenvalue weighted by molar-refractivity contribution is 0.186. The Morgan fingerprint density at radius 1 is 1.20 bits per heavy atom. The summed E-state index contributed by atoms with van der Waals surface area (Å²) in [5.41, 5.74) is 3.57. The van der Waals surface area contributed by atoms with E-state index in [1.165, 1.54) is 16.8 Å². The van der Waals surface area contributed by atoms with Crippen molar-refractivity contribution in [3.05, 3.63) is 36.0 Å². The molecule has 2 aromatic rings. The fourth-order valence-corrected chi connectivity index (χ4v) is 4.11. The summed E-state index contributed by atoms with van der Waals surface area (Å²) in [6.07, 6.45) is 4.19. The molecule has 1 aromatic heterocycles. The molecule has 0 atom stereocenters. The van der Waals surface area contributed by atoms with Crippen molar-refractivity contribution < 1.29 is 4.79 Å². The zero-order valence-electron chi connectivity index (χ0n) is 14.9. The summed E-state index contributed by atoms with van der Waals surface area (Å²) in [7, 11) is 0. The average molecular weight is 338 g/mol. The SMILES string of the molecule is CCCc1cc(N2CCC(N3CCNC3=O)CC2)c2ccccc2n1. The first kappa shape index (κ1) is 16.2. The Morgan fingerprint density at radius 3 is 2.72 bits per heavy atom. The predicted octanol–water partition coefficient (Wildman–Crippen LogP) is 3.18. The van der Waals surface area contributed by atoms with Crippen LogP contribution in [0.5, 0.6) is 0 Å². The van der Waals surface area contributed by atoms with Gasteiger partial charge in [-0.05, 0) is 31.4 Å². The first-order valence-electron chi connectivity index (χ1n) is 9.44. The maximum atomic E-state index is 11.9. The van der Waals surface area contributed by atoms with Gasteiger partial charge in [-0.2, -0.15) is 0 Å².